The van der Waals surface area contributed by atoms with Crippen LogP contribution in [0, 0.1) is 5.82 Å². The van der Waals surface area contributed by atoms with Gasteiger partial charge in [0.15, 0.2) is 5.82 Å². The summed E-state index contributed by atoms with van der Waals surface area (Å²) in [6.07, 6.45) is -2.29. The van der Waals surface area contributed by atoms with E-state index in [0.717, 1.165) is 13.3 Å². The third-order valence-electron chi connectivity index (χ3n) is 1.87. The molecule has 0 amide bonds. The van der Waals surface area contributed by atoms with E-state index in [1.165, 1.54) is 0 Å². The van der Waals surface area contributed by atoms with Crippen molar-refractivity contribution in [3.05, 3.63) is 28.8 Å². The van der Waals surface area contributed by atoms with Crippen LogP contribution in [-0.2, 0) is 10.6 Å². The lowest BCUT2D eigenvalue weighted by Gasteiger charge is -2.09. The van der Waals surface area contributed by atoms with Gasteiger partial charge in [0.25, 0.3) is 6.43 Å². The standard InChI is InChI=1S/C9H7ClF3NO2/c1-16-9(15)6-4(8(12)13)3-14-5(2-10)7(6)11/h3,8H,2H2,1H3. The molecule has 1 rings (SSSR count). The Hall–Kier alpha value is -1.30. The molecule has 0 N–H and O–H groups in total. The summed E-state index contributed by atoms with van der Waals surface area (Å²) >= 11 is 5.34. The fourth-order valence-corrected chi connectivity index (χ4v) is 1.29. The number of nitrogens with zero attached hydrogens (tertiary/aromatic N) is 1. The van der Waals surface area contributed by atoms with E-state index in [2.05, 4.69) is 9.72 Å². The molecule has 0 radical (unpaired) electrons. The van der Waals surface area contributed by atoms with Crippen molar-refractivity contribution in [2.24, 2.45) is 0 Å². The summed E-state index contributed by atoms with van der Waals surface area (Å²) in [6, 6.07) is 0. The van der Waals surface area contributed by atoms with Crippen LogP contribution in [0.2, 0.25) is 0 Å². The smallest absolute Gasteiger partial charge is 0.341 e. The number of carbonyl (C=O) groups excluding carboxylic acids is 1. The molecule has 0 aromatic carbocycles. The van der Waals surface area contributed by atoms with Crippen molar-refractivity contribution >= 4 is 17.6 Å². The zero-order valence-electron chi connectivity index (χ0n) is 8.14. The van der Waals surface area contributed by atoms with Gasteiger partial charge in [-0.05, 0) is 0 Å². The lowest BCUT2D eigenvalue weighted by molar-refractivity contribution is 0.0582. The van der Waals surface area contributed by atoms with Crippen LogP contribution in [0.3, 0.4) is 0 Å². The Kier molecular flexibility index (Phi) is 4.12. The first-order valence-corrected chi connectivity index (χ1v) is 4.66. The molecule has 0 fully saturated rings. The molecule has 0 bridgehead atoms. The second kappa shape index (κ2) is 5.16. The molecule has 1 aromatic heterocycles. The number of alkyl halides is 3. The van der Waals surface area contributed by atoms with E-state index >= 15 is 0 Å². The van der Waals surface area contributed by atoms with Crippen LogP contribution in [0.4, 0.5) is 13.2 Å². The van der Waals surface area contributed by atoms with Gasteiger partial charge >= 0.3 is 5.97 Å². The van der Waals surface area contributed by atoms with Crippen LogP contribution in [0.5, 0.6) is 0 Å². The molecule has 88 valence electrons. The normalized spacial score (nSPS) is 10.6. The van der Waals surface area contributed by atoms with Crippen molar-refractivity contribution in [2.75, 3.05) is 7.11 Å². The Morgan fingerprint density at radius 3 is 2.69 bits per heavy atom. The summed E-state index contributed by atoms with van der Waals surface area (Å²) in [6.45, 7) is 0. The summed E-state index contributed by atoms with van der Waals surface area (Å²) in [5.74, 6) is -2.67. The minimum Gasteiger partial charge on any atom is -0.465 e. The molecule has 0 atom stereocenters. The predicted molar refractivity (Wildman–Crippen MR) is 50.0 cm³/mol. The Labute approximate surface area is 94.2 Å². The van der Waals surface area contributed by atoms with Crippen molar-refractivity contribution in [3.8, 4) is 0 Å². The fourth-order valence-electron chi connectivity index (χ4n) is 1.11. The monoisotopic (exact) mass is 253 g/mol. The summed E-state index contributed by atoms with van der Waals surface area (Å²) in [5, 5.41) is 0. The highest BCUT2D eigenvalue weighted by Gasteiger charge is 2.26. The van der Waals surface area contributed by atoms with Gasteiger partial charge in [-0.3, -0.25) is 4.98 Å². The van der Waals surface area contributed by atoms with Gasteiger partial charge in [-0.2, -0.15) is 0 Å². The molecular weight excluding hydrogens is 247 g/mol. The van der Waals surface area contributed by atoms with Crippen molar-refractivity contribution in [1.82, 2.24) is 4.98 Å². The number of carbonyl (C=O) groups is 1. The van der Waals surface area contributed by atoms with E-state index in [1.54, 1.807) is 0 Å². The van der Waals surface area contributed by atoms with Gasteiger partial charge in [-0.15, -0.1) is 11.6 Å². The van der Waals surface area contributed by atoms with Gasteiger partial charge in [0.1, 0.15) is 5.56 Å². The average Bonchev–Trinajstić information content (AvgIpc) is 2.27. The van der Waals surface area contributed by atoms with Crippen molar-refractivity contribution in [2.45, 2.75) is 12.3 Å². The fraction of sp³-hybridized carbons (Fsp3) is 0.333. The maximum atomic E-state index is 13.6. The molecule has 7 heteroatoms. The molecule has 3 nitrogen and oxygen atoms in total. The van der Waals surface area contributed by atoms with Crippen LogP contribution in [0.1, 0.15) is 28.0 Å². The molecule has 0 spiro atoms. The van der Waals surface area contributed by atoms with Gasteiger partial charge < -0.3 is 4.74 Å². The van der Waals surface area contributed by atoms with Crippen molar-refractivity contribution < 1.29 is 22.7 Å². The van der Waals surface area contributed by atoms with E-state index < -0.39 is 29.3 Å². The Bertz CT molecular complexity index is 412. The number of aromatic nitrogens is 1. The van der Waals surface area contributed by atoms with Crippen molar-refractivity contribution in [1.29, 1.82) is 0 Å². The number of rotatable bonds is 3. The molecule has 0 unspecified atom stereocenters. The summed E-state index contributed by atoms with van der Waals surface area (Å²) < 4.78 is 42.8. The number of hydrogen-bond acceptors (Lipinski definition) is 3. The second-order valence-corrected chi connectivity index (χ2v) is 3.04. The predicted octanol–water partition coefficient (Wildman–Crippen LogP) is 2.68. The highest BCUT2D eigenvalue weighted by Crippen LogP contribution is 2.26. The van der Waals surface area contributed by atoms with E-state index in [4.69, 9.17) is 11.6 Å². The second-order valence-electron chi connectivity index (χ2n) is 2.78. The first kappa shape index (κ1) is 12.8. The topological polar surface area (TPSA) is 39.2 Å². The van der Waals surface area contributed by atoms with Crippen LogP contribution in [0.15, 0.2) is 6.20 Å². The first-order valence-electron chi connectivity index (χ1n) is 4.12. The first-order chi connectivity index (χ1) is 7.52. The lowest BCUT2D eigenvalue weighted by Crippen LogP contribution is -2.12. The molecule has 0 saturated carbocycles. The summed E-state index contributed by atoms with van der Waals surface area (Å²) in [7, 11) is 0.970. The number of hydrogen-bond donors (Lipinski definition) is 0. The summed E-state index contributed by atoms with van der Waals surface area (Å²) in [4.78, 5) is 14.6. The number of pyridine rings is 1. The largest absolute Gasteiger partial charge is 0.465 e. The van der Waals surface area contributed by atoms with Gasteiger partial charge in [-0.1, -0.05) is 0 Å². The lowest BCUT2D eigenvalue weighted by atomic mass is 10.1. The minimum absolute atomic E-state index is 0.272. The SMILES string of the molecule is COC(=O)c1c(C(F)F)cnc(CCl)c1F. The van der Waals surface area contributed by atoms with Gasteiger partial charge in [-0.25, -0.2) is 18.0 Å². The van der Waals surface area contributed by atoms with Gasteiger partial charge in [0.2, 0.25) is 0 Å². The number of ether oxygens (including phenoxy) is 1. The third kappa shape index (κ3) is 2.27. The van der Waals surface area contributed by atoms with Crippen LogP contribution in [0.25, 0.3) is 0 Å². The van der Waals surface area contributed by atoms with Crippen LogP contribution < -0.4 is 0 Å². The molecule has 16 heavy (non-hydrogen) atoms. The third-order valence-corrected chi connectivity index (χ3v) is 2.13. The molecule has 0 saturated heterocycles. The average molecular weight is 254 g/mol. The van der Waals surface area contributed by atoms with E-state index in [9.17, 15) is 18.0 Å². The van der Waals surface area contributed by atoms with E-state index in [0.29, 0.717) is 0 Å². The van der Waals surface area contributed by atoms with Gasteiger partial charge in [0.05, 0.1) is 24.2 Å². The minimum atomic E-state index is -3.01. The zero-order chi connectivity index (χ0) is 12.3. The zero-order valence-corrected chi connectivity index (χ0v) is 8.89. The quantitative estimate of drug-likeness (QED) is 0.614. The molecule has 0 aliphatic heterocycles. The maximum absolute atomic E-state index is 13.6. The Morgan fingerprint density at radius 1 is 1.62 bits per heavy atom. The molecule has 1 heterocycles. The Balaban J connectivity index is 3.42. The molecular formula is C9H7ClF3NO2. The molecule has 1 aromatic rings. The number of halogens is 4. The van der Waals surface area contributed by atoms with Gasteiger partial charge in [0, 0.05) is 6.20 Å². The molecule has 0 aliphatic carbocycles. The Morgan fingerprint density at radius 2 is 2.25 bits per heavy atom. The van der Waals surface area contributed by atoms with Crippen molar-refractivity contribution in [3.63, 3.8) is 0 Å². The van der Waals surface area contributed by atoms with Crippen LogP contribution >= 0.6 is 11.6 Å². The van der Waals surface area contributed by atoms with E-state index in [1.807, 2.05) is 0 Å². The maximum Gasteiger partial charge on any atom is 0.341 e. The summed E-state index contributed by atoms with van der Waals surface area (Å²) in [5.41, 5.74) is -1.90. The highest BCUT2D eigenvalue weighted by atomic mass is 35.5. The molecule has 0 aliphatic rings. The van der Waals surface area contributed by atoms with E-state index in [-0.39, 0.29) is 11.6 Å². The van der Waals surface area contributed by atoms with Crippen LogP contribution in [-0.4, -0.2) is 18.1 Å². The number of esters is 1. The highest BCUT2D eigenvalue weighted by molar-refractivity contribution is 6.17. The number of methoxy groups -OCH3 is 1.